The van der Waals surface area contributed by atoms with Crippen LogP contribution in [0.2, 0.25) is 5.02 Å². The van der Waals surface area contributed by atoms with Crippen molar-refractivity contribution < 1.29 is 13.9 Å². The van der Waals surface area contributed by atoms with Gasteiger partial charge in [-0.1, -0.05) is 11.6 Å². The molecule has 1 aromatic rings. The van der Waals surface area contributed by atoms with Crippen LogP contribution in [0.15, 0.2) is 12.1 Å². The van der Waals surface area contributed by atoms with Gasteiger partial charge in [0.05, 0.1) is 7.11 Å². The lowest BCUT2D eigenvalue weighted by Crippen LogP contribution is -2.18. The predicted molar refractivity (Wildman–Crippen MR) is 55.6 cm³/mol. The maximum atomic E-state index is 12.6. The first-order chi connectivity index (χ1) is 7.04. The van der Waals surface area contributed by atoms with Gasteiger partial charge in [-0.25, -0.2) is 4.39 Å². The zero-order chi connectivity index (χ0) is 11.4. The Morgan fingerprint density at radius 3 is 2.93 bits per heavy atom. The van der Waals surface area contributed by atoms with Crippen LogP contribution in [-0.2, 0) is 16.0 Å². The van der Waals surface area contributed by atoms with Crippen molar-refractivity contribution >= 4 is 29.2 Å². The molecule has 5 heteroatoms. The summed E-state index contributed by atoms with van der Waals surface area (Å²) < 4.78 is 17.1. The van der Waals surface area contributed by atoms with Crippen LogP contribution in [0.1, 0.15) is 5.56 Å². The van der Waals surface area contributed by atoms with Crippen molar-refractivity contribution in [2.24, 2.45) is 0 Å². The first-order valence-corrected chi connectivity index (χ1v) is 4.93. The molecule has 0 bridgehead atoms. The van der Waals surface area contributed by atoms with Gasteiger partial charge in [0.25, 0.3) is 0 Å². The third-order valence-corrected chi connectivity index (χ3v) is 2.48. The van der Waals surface area contributed by atoms with Crippen LogP contribution in [0.5, 0.6) is 0 Å². The van der Waals surface area contributed by atoms with E-state index in [9.17, 15) is 9.18 Å². The van der Waals surface area contributed by atoms with Crippen LogP contribution in [-0.4, -0.2) is 18.5 Å². The number of hydrogen-bond acceptors (Lipinski definition) is 2. The van der Waals surface area contributed by atoms with Gasteiger partial charge < -0.3 is 4.74 Å². The minimum Gasteiger partial charge on any atom is -0.468 e. The Bertz CT molecular complexity index is 368. The summed E-state index contributed by atoms with van der Waals surface area (Å²) in [5.41, 5.74) is 0.559. The maximum Gasteiger partial charge on any atom is 0.324 e. The second-order valence-electron chi connectivity index (χ2n) is 2.85. The van der Waals surface area contributed by atoms with Gasteiger partial charge in [0.2, 0.25) is 0 Å². The van der Waals surface area contributed by atoms with Gasteiger partial charge in [0.15, 0.2) is 0 Å². The molecule has 0 amide bonds. The summed E-state index contributed by atoms with van der Waals surface area (Å²) in [4.78, 5) is 11.0. The van der Waals surface area contributed by atoms with Gasteiger partial charge >= 0.3 is 5.97 Å². The summed E-state index contributed by atoms with van der Waals surface area (Å²) in [6.45, 7) is 0. The minimum absolute atomic E-state index is 0.184. The first-order valence-electron chi connectivity index (χ1n) is 4.12. The zero-order valence-electron chi connectivity index (χ0n) is 7.89. The van der Waals surface area contributed by atoms with E-state index in [2.05, 4.69) is 10.8 Å². The average molecular weight is 250 g/mol. The van der Waals surface area contributed by atoms with Crippen LogP contribution in [0, 0.1) is 11.9 Å². The summed E-state index contributed by atoms with van der Waals surface area (Å²) in [6.07, 6.45) is 0.184. The summed E-state index contributed by atoms with van der Waals surface area (Å²) in [7, 11) is 1.25. The fourth-order valence-electron chi connectivity index (χ4n) is 1.03. The zero-order valence-corrected chi connectivity index (χ0v) is 9.40. The van der Waals surface area contributed by atoms with Gasteiger partial charge in [-0.3, -0.25) is 4.79 Å². The monoisotopic (exact) mass is 249 g/mol. The van der Waals surface area contributed by atoms with E-state index in [1.54, 1.807) is 0 Å². The van der Waals surface area contributed by atoms with Crippen LogP contribution in [0.3, 0.4) is 0 Å². The second-order valence-corrected chi connectivity index (χ2v) is 3.78. The lowest BCUT2D eigenvalue weighted by atomic mass is 10.1. The van der Waals surface area contributed by atoms with Crippen LogP contribution < -0.4 is 0 Å². The molecule has 0 spiro atoms. The molecule has 0 aliphatic heterocycles. The number of carbonyl (C=O) groups excluding carboxylic acids is 1. The first kappa shape index (κ1) is 12.3. The lowest BCUT2D eigenvalue weighted by Gasteiger charge is -2.08. The predicted octanol–water partition coefficient (Wildman–Crippen LogP) is 2.60. The SMILES string of the molecule is COC(=O)C(Cl)Cc1c[c]c(F)cc1Cl. The molecule has 15 heavy (non-hydrogen) atoms. The summed E-state index contributed by atoms with van der Waals surface area (Å²) in [5.74, 6) is -1.09. The number of methoxy groups -OCH3 is 1. The molecule has 1 rings (SSSR count). The number of rotatable bonds is 3. The summed E-state index contributed by atoms with van der Waals surface area (Å²) in [5, 5.41) is -0.604. The molecule has 81 valence electrons. The highest BCUT2D eigenvalue weighted by Crippen LogP contribution is 2.20. The fourth-order valence-corrected chi connectivity index (χ4v) is 1.51. The van der Waals surface area contributed by atoms with Crippen molar-refractivity contribution in [2.45, 2.75) is 11.8 Å². The lowest BCUT2D eigenvalue weighted by molar-refractivity contribution is -0.140. The molecule has 1 atom stereocenters. The molecule has 2 nitrogen and oxygen atoms in total. The number of hydrogen-bond donors (Lipinski definition) is 0. The molecule has 0 aromatic heterocycles. The third-order valence-electron chi connectivity index (χ3n) is 1.80. The molecule has 1 unspecified atom stereocenters. The number of halogens is 3. The van der Waals surface area contributed by atoms with E-state index in [0.717, 1.165) is 6.07 Å². The number of carbonyl (C=O) groups is 1. The van der Waals surface area contributed by atoms with Crippen molar-refractivity contribution in [3.8, 4) is 0 Å². The number of benzene rings is 1. The van der Waals surface area contributed by atoms with E-state index in [4.69, 9.17) is 23.2 Å². The second kappa shape index (κ2) is 5.33. The van der Waals surface area contributed by atoms with E-state index in [0.29, 0.717) is 5.56 Å². The Hall–Kier alpha value is -0.800. The van der Waals surface area contributed by atoms with E-state index in [1.165, 1.54) is 13.2 Å². The number of alkyl halides is 1. The molecule has 0 saturated heterocycles. The Morgan fingerprint density at radius 2 is 2.40 bits per heavy atom. The molecule has 0 fully saturated rings. The number of esters is 1. The Labute approximate surface area is 96.9 Å². The standard InChI is InChI=1S/C10H8Cl2FO2/c1-15-10(14)9(12)4-6-2-3-7(13)5-8(6)11/h2,5,9H,4H2,1H3. The highest BCUT2D eigenvalue weighted by Gasteiger charge is 2.17. The quantitative estimate of drug-likeness (QED) is 0.608. The molecule has 0 aliphatic rings. The van der Waals surface area contributed by atoms with Gasteiger partial charge in [0, 0.05) is 17.5 Å². The molecule has 0 saturated carbocycles. The molecule has 0 N–H and O–H groups in total. The van der Waals surface area contributed by atoms with E-state index < -0.39 is 17.2 Å². The Kier molecular flexibility index (Phi) is 4.36. The van der Waals surface area contributed by atoms with Crippen molar-refractivity contribution in [1.29, 1.82) is 0 Å². The Balaban J connectivity index is 2.76. The van der Waals surface area contributed by atoms with Gasteiger partial charge in [0.1, 0.15) is 11.2 Å². The topological polar surface area (TPSA) is 26.3 Å². The van der Waals surface area contributed by atoms with E-state index in [1.807, 2.05) is 0 Å². The Morgan fingerprint density at radius 1 is 1.73 bits per heavy atom. The van der Waals surface area contributed by atoms with E-state index in [-0.39, 0.29) is 11.4 Å². The van der Waals surface area contributed by atoms with Gasteiger partial charge in [-0.15, -0.1) is 11.6 Å². The summed E-state index contributed by atoms with van der Waals surface area (Å²) in [6, 6.07) is 4.83. The molecule has 1 radical (unpaired) electrons. The van der Waals surface area contributed by atoms with Crippen LogP contribution in [0.25, 0.3) is 0 Å². The van der Waals surface area contributed by atoms with Crippen LogP contribution in [0.4, 0.5) is 4.39 Å². The number of ether oxygens (including phenoxy) is 1. The van der Waals surface area contributed by atoms with Gasteiger partial charge in [-0.2, -0.15) is 0 Å². The van der Waals surface area contributed by atoms with E-state index >= 15 is 0 Å². The third kappa shape index (κ3) is 3.36. The largest absolute Gasteiger partial charge is 0.468 e. The minimum atomic E-state index is -0.827. The molecular formula is C10H8Cl2FO2. The molecular weight excluding hydrogens is 242 g/mol. The fraction of sp³-hybridized carbons (Fsp3) is 0.300. The van der Waals surface area contributed by atoms with Crippen molar-refractivity contribution in [3.63, 3.8) is 0 Å². The average Bonchev–Trinajstić information content (AvgIpc) is 2.20. The van der Waals surface area contributed by atoms with Crippen molar-refractivity contribution in [3.05, 3.63) is 34.6 Å². The molecule has 0 aliphatic carbocycles. The molecule has 0 heterocycles. The summed E-state index contributed by atoms with van der Waals surface area (Å²) >= 11 is 11.5. The maximum absolute atomic E-state index is 12.6. The highest BCUT2D eigenvalue weighted by molar-refractivity contribution is 6.32. The normalized spacial score (nSPS) is 12.3. The van der Waals surface area contributed by atoms with Crippen molar-refractivity contribution in [2.75, 3.05) is 7.11 Å². The van der Waals surface area contributed by atoms with Gasteiger partial charge in [-0.05, 0) is 17.7 Å². The van der Waals surface area contributed by atoms with Crippen LogP contribution >= 0.6 is 23.2 Å². The highest BCUT2D eigenvalue weighted by atomic mass is 35.5. The van der Waals surface area contributed by atoms with Crippen molar-refractivity contribution in [1.82, 2.24) is 0 Å². The smallest absolute Gasteiger partial charge is 0.324 e. The molecule has 1 aromatic carbocycles.